The van der Waals surface area contributed by atoms with Crippen molar-refractivity contribution in [2.24, 2.45) is 5.73 Å². The minimum atomic E-state index is -1.20. The summed E-state index contributed by atoms with van der Waals surface area (Å²) in [7, 11) is 0. The lowest BCUT2D eigenvalue weighted by Gasteiger charge is -2.50. The molecule has 0 aromatic heterocycles. The maximum absolute atomic E-state index is 12.5. The molecule has 2 fully saturated rings. The van der Waals surface area contributed by atoms with E-state index >= 15 is 0 Å². The summed E-state index contributed by atoms with van der Waals surface area (Å²) in [6.07, 6.45) is 0.391. The lowest BCUT2D eigenvalue weighted by molar-refractivity contribution is -0.168. The molecule has 0 aromatic carbocycles. The standard InChI is InChI=1S/C16H24N4O6/c1-9(26-11(3)22)13(14(17)24)18-12(23)7-19-8-16(15(19)25)5-4-6-20(16)10(2)21/h9,13H,4-8H2,1-3H3,(H2,17,24)(H,18,23)/t9-,13+,16?/m1/s1. The van der Waals surface area contributed by atoms with Gasteiger partial charge in [-0.1, -0.05) is 0 Å². The molecular formula is C16H24N4O6. The van der Waals surface area contributed by atoms with Gasteiger partial charge in [0.25, 0.3) is 5.91 Å². The first-order valence-corrected chi connectivity index (χ1v) is 8.42. The quantitative estimate of drug-likeness (QED) is 0.416. The molecule has 3 N–H and O–H groups in total. The van der Waals surface area contributed by atoms with Crippen molar-refractivity contribution >= 4 is 29.6 Å². The molecular weight excluding hydrogens is 344 g/mol. The summed E-state index contributed by atoms with van der Waals surface area (Å²) < 4.78 is 4.88. The highest BCUT2D eigenvalue weighted by atomic mass is 16.5. The number of nitrogens with zero attached hydrogens (tertiary/aromatic N) is 2. The Kier molecular flexibility index (Phi) is 5.53. The summed E-state index contributed by atoms with van der Waals surface area (Å²) in [5, 5.41) is 2.39. The molecule has 10 heteroatoms. The van der Waals surface area contributed by atoms with Gasteiger partial charge in [-0.15, -0.1) is 0 Å². The van der Waals surface area contributed by atoms with Gasteiger partial charge in [-0.25, -0.2) is 0 Å². The molecule has 144 valence electrons. The maximum atomic E-state index is 12.5. The van der Waals surface area contributed by atoms with E-state index in [1.54, 1.807) is 4.90 Å². The number of ether oxygens (including phenoxy) is 1. The van der Waals surface area contributed by atoms with Gasteiger partial charge >= 0.3 is 5.97 Å². The second kappa shape index (κ2) is 7.30. The van der Waals surface area contributed by atoms with Crippen molar-refractivity contribution in [3.63, 3.8) is 0 Å². The molecule has 2 saturated heterocycles. The summed E-state index contributed by atoms with van der Waals surface area (Å²) in [5.41, 5.74) is 4.41. The molecule has 26 heavy (non-hydrogen) atoms. The topological polar surface area (TPSA) is 139 Å². The van der Waals surface area contributed by atoms with E-state index in [0.717, 1.165) is 6.42 Å². The zero-order valence-electron chi connectivity index (χ0n) is 15.1. The minimum absolute atomic E-state index is 0.163. The normalized spacial score (nSPS) is 24.0. The van der Waals surface area contributed by atoms with Crippen LogP contribution in [-0.2, 0) is 28.7 Å². The molecule has 3 atom stereocenters. The third kappa shape index (κ3) is 3.63. The van der Waals surface area contributed by atoms with E-state index in [1.807, 2.05) is 0 Å². The summed E-state index contributed by atoms with van der Waals surface area (Å²) in [5.74, 6) is -2.49. The molecule has 0 saturated carbocycles. The SMILES string of the molecule is CC(=O)O[C@H](C)[C@H](NC(=O)CN1CC2(CCCN2C(C)=O)C1=O)C(N)=O. The molecule has 4 amide bonds. The first-order valence-electron chi connectivity index (χ1n) is 8.42. The van der Waals surface area contributed by atoms with Crippen molar-refractivity contribution in [3.8, 4) is 0 Å². The number of rotatable bonds is 6. The van der Waals surface area contributed by atoms with Crippen LogP contribution in [0, 0.1) is 0 Å². The predicted molar refractivity (Wildman–Crippen MR) is 88.3 cm³/mol. The van der Waals surface area contributed by atoms with Crippen LogP contribution in [0.15, 0.2) is 0 Å². The van der Waals surface area contributed by atoms with Crippen molar-refractivity contribution in [2.45, 2.75) is 51.3 Å². The molecule has 2 rings (SSSR count). The Labute approximate surface area is 151 Å². The fraction of sp³-hybridized carbons (Fsp3) is 0.688. The molecule has 10 nitrogen and oxygen atoms in total. The van der Waals surface area contributed by atoms with Gasteiger partial charge in [-0.05, 0) is 19.8 Å². The molecule has 0 radical (unpaired) electrons. The van der Waals surface area contributed by atoms with Gasteiger partial charge in [0.15, 0.2) is 0 Å². The second-order valence-corrected chi connectivity index (χ2v) is 6.73. The largest absolute Gasteiger partial charge is 0.460 e. The van der Waals surface area contributed by atoms with Gasteiger partial charge in [0.05, 0.1) is 13.1 Å². The van der Waals surface area contributed by atoms with Crippen LogP contribution in [0.25, 0.3) is 0 Å². The summed E-state index contributed by atoms with van der Waals surface area (Å²) in [6, 6.07) is -1.20. The average Bonchev–Trinajstić information content (AvgIpc) is 2.97. The van der Waals surface area contributed by atoms with Crippen LogP contribution in [0.2, 0.25) is 0 Å². The first kappa shape index (κ1) is 19.7. The molecule has 1 unspecified atom stereocenters. The third-order valence-corrected chi connectivity index (χ3v) is 4.79. The number of nitrogens with two attached hydrogens (primary N) is 1. The number of hydrogen-bond acceptors (Lipinski definition) is 6. The van der Waals surface area contributed by atoms with E-state index in [1.165, 1.54) is 25.7 Å². The zero-order valence-corrected chi connectivity index (χ0v) is 15.1. The van der Waals surface area contributed by atoms with Gasteiger partial charge in [-0.3, -0.25) is 24.0 Å². The second-order valence-electron chi connectivity index (χ2n) is 6.73. The Morgan fingerprint density at radius 2 is 1.96 bits per heavy atom. The highest BCUT2D eigenvalue weighted by Crippen LogP contribution is 2.38. The Balaban J connectivity index is 1.94. The van der Waals surface area contributed by atoms with Crippen LogP contribution < -0.4 is 11.1 Å². The van der Waals surface area contributed by atoms with Crippen LogP contribution >= 0.6 is 0 Å². The van der Waals surface area contributed by atoms with Gasteiger partial charge < -0.3 is 25.6 Å². The molecule has 0 bridgehead atoms. The highest BCUT2D eigenvalue weighted by molar-refractivity contribution is 5.99. The fourth-order valence-corrected chi connectivity index (χ4v) is 3.65. The van der Waals surface area contributed by atoms with Crippen molar-refractivity contribution in [2.75, 3.05) is 19.6 Å². The first-order chi connectivity index (χ1) is 12.1. The van der Waals surface area contributed by atoms with E-state index in [0.29, 0.717) is 13.0 Å². The predicted octanol–water partition coefficient (Wildman–Crippen LogP) is -1.87. The smallest absolute Gasteiger partial charge is 0.302 e. The fourth-order valence-electron chi connectivity index (χ4n) is 3.65. The number of carbonyl (C=O) groups excluding carboxylic acids is 5. The summed E-state index contributed by atoms with van der Waals surface area (Å²) in [6.45, 7) is 4.58. The van der Waals surface area contributed by atoms with E-state index in [4.69, 9.17) is 10.5 Å². The van der Waals surface area contributed by atoms with E-state index < -0.39 is 35.5 Å². The van der Waals surface area contributed by atoms with Gasteiger partial charge in [0.2, 0.25) is 17.7 Å². The highest BCUT2D eigenvalue weighted by Gasteiger charge is 2.59. The zero-order chi connectivity index (χ0) is 19.6. The number of primary amides is 1. The Bertz CT molecular complexity index is 651. The maximum Gasteiger partial charge on any atom is 0.302 e. The molecule has 2 aliphatic rings. The number of esters is 1. The van der Waals surface area contributed by atoms with Crippen LogP contribution in [0.5, 0.6) is 0 Å². The Morgan fingerprint density at radius 3 is 2.46 bits per heavy atom. The number of amides is 4. The molecule has 0 aliphatic carbocycles. The van der Waals surface area contributed by atoms with Crippen molar-refractivity contribution in [1.82, 2.24) is 15.1 Å². The molecule has 2 heterocycles. The van der Waals surface area contributed by atoms with Gasteiger partial charge in [0, 0.05) is 20.4 Å². The van der Waals surface area contributed by atoms with Crippen LogP contribution in [-0.4, -0.2) is 76.7 Å². The lowest BCUT2D eigenvalue weighted by atomic mass is 9.85. The Morgan fingerprint density at radius 1 is 1.31 bits per heavy atom. The number of β-lactam (4-membered cyclic amide) rings is 1. The van der Waals surface area contributed by atoms with Crippen LogP contribution in [0.3, 0.4) is 0 Å². The number of nitrogens with one attached hydrogen (secondary N) is 1. The van der Waals surface area contributed by atoms with Gasteiger partial charge in [0.1, 0.15) is 17.7 Å². The minimum Gasteiger partial charge on any atom is -0.460 e. The monoisotopic (exact) mass is 368 g/mol. The van der Waals surface area contributed by atoms with E-state index in [-0.39, 0.29) is 24.9 Å². The summed E-state index contributed by atoms with van der Waals surface area (Å²) in [4.78, 5) is 61.8. The van der Waals surface area contributed by atoms with Crippen molar-refractivity contribution in [1.29, 1.82) is 0 Å². The molecule has 2 aliphatic heterocycles. The average molecular weight is 368 g/mol. The van der Waals surface area contributed by atoms with Crippen LogP contribution in [0.1, 0.15) is 33.6 Å². The van der Waals surface area contributed by atoms with E-state index in [2.05, 4.69) is 5.32 Å². The van der Waals surface area contributed by atoms with Crippen molar-refractivity contribution < 1.29 is 28.7 Å². The van der Waals surface area contributed by atoms with E-state index in [9.17, 15) is 24.0 Å². The Hall–Kier alpha value is -2.65. The number of carbonyl (C=O) groups is 5. The lowest BCUT2D eigenvalue weighted by Crippen LogP contribution is -2.73. The summed E-state index contributed by atoms with van der Waals surface area (Å²) >= 11 is 0. The molecule has 1 spiro atoms. The number of hydrogen-bond donors (Lipinski definition) is 2. The van der Waals surface area contributed by atoms with Crippen molar-refractivity contribution in [3.05, 3.63) is 0 Å². The van der Waals surface area contributed by atoms with Gasteiger partial charge in [-0.2, -0.15) is 0 Å². The van der Waals surface area contributed by atoms with Crippen LogP contribution in [0.4, 0.5) is 0 Å². The molecule has 0 aromatic rings. The third-order valence-electron chi connectivity index (χ3n) is 4.79. The number of likely N-dealkylation sites (tertiary alicyclic amines) is 2.